The number of ether oxygens (including phenoxy) is 1. The third-order valence-corrected chi connectivity index (χ3v) is 6.84. The van der Waals surface area contributed by atoms with E-state index in [0.29, 0.717) is 55.8 Å². The van der Waals surface area contributed by atoms with E-state index in [4.69, 9.17) is 10.5 Å². The van der Waals surface area contributed by atoms with Crippen molar-refractivity contribution >= 4 is 11.6 Å². The van der Waals surface area contributed by atoms with Gasteiger partial charge in [-0.3, -0.25) is 4.79 Å². The number of nitrogens with one attached hydrogen (secondary N) is 1. The zero-order valence-electron chi connectivity index (χ0n) is 18.5. The van der Waals surface area contributed by atoms with Crippen LogP contribution >= 0.6 is 0 Å². The van der Waals surface area contributed by atoms with Gasteiger partial charge in [-0.2, -0.15) is 5.10 Å². The minimum atomic E-state index is -3.03. The van der Waals surface area contributed by atoms with E-state index >= 15 is 0 Å². The molecule has 3 heterocycles. The van der Waals surface area contributed by atoms with Gasteiger partial charge in [-0.15, -0.1) is 0 Å². The van der Waals surface area contributed by atoms with E-state index < -0.39 is 35.8 Å². The maximum Gasteiger partial charge on any atom is 0.262 e. The van der Waals surface area contributed by atoms with Crippen LogP contribution < -0.4 is 11.1 Å². The van der Waals surface area contributed by atoms with Gasteiger partial charge >= 0.3 is 0 Å². The molecule has 1 unspecified atom stereocenters. The molecule has 2 aromatic heterocycles. The highest BCUT2D eigenvalue weighted by atomic mass is 19.3. The number of alkyl halides is 4. The monoisotopic (exact) mass is 471 g/mol. The zero-order chi connectivity index (χ0) is 23.9. The number of hydrogen-bond donors (Lipinski definition) is 2. The molecule has 1 atom stereocenters. The summed E-state index contributed by atoms with van der Waals surface area (Å²) < 4.78 is 60.6. The van der Waals surface area contributed by atoms with Crippen LogP contribution in [0.15, 0.2) is 18.5 Å². The lowest BCUT2D eigenvalue weighted by atomic mass is 9.74. The molecule has 0 bridgehead atoms. The maximum atomic E-state index is 13.5. The highest BCUT2D eigenvalue weighted by Gasteiger charge is 2.43. The van der Waals surface area contributed by atoms with Gasteiger partial charge in [-0.25, -0.2) is 27.1 Å². The molecule has 1 saturated heterocycles. The van der Waals surface area contributed by atoms with Crippen molar-refractivity contribution in [1.82, 2.24) is 19.9 Å². The molecular weight excluding hydrogens is 442 g/mol. The molecule has 11 heteroatoms. The Morgan fingerprint density at radius 2 is 1.97 bits per heavy atom. The fourth-order valence-corrected chi connectivity index (χ4v) is 4.75. The normalized spacial score (nSPS) is 22.2. The predicted molar refractivity (Wildman–Crippen MR) is 112 cm³/mol. The smallest absolute Gasteiger partial charge is 0.262 e. The summed E-state index contributed by atoms with van der Waals surface area (Å²) in [4.78, 5) is 17.6. The molecule has 1 saturated carbocycles. The summed E-state index contributed by atoms with van der Waals surface area (Å²) in [6.07, 6.45) is 4.16. The fourth-order valence-electron chi connectivity index (χ4n) is 4.75. The van der Waals surface area contributed by atoms with Gasteiger partial charge in [0.05, 0.1) is 36.1 Å². The number of nitrogens with two attached hydrogens (primary N) is 1. The molecule has 2 fully saturated rings. The second kappa shape index (κ2) is 8.83. The lowest BCUT2D eigenvalue weighted by molar-refractivity contribution is -0.132. The molecule has 3 N–H and O–H groups in total. The summed E-state index contributed by atoms with van der Waals surface area (Å²) in [6, 6.07) is 1.21. The summed E-state index contributed by atoms with van der Waals surface area (Å²) in [5.74, 6) is -6.25. The van der Waals surface area contributed by atoms with Crippen LogP contribution in [0.3, 0.4) is 0 Å². The number of imidazole rings is 1. The van der Waals surface area contributed by atoms with E-state index in [0.717, 1.165) is 6.92 Å². The first-order chi connectivity index (χ1) is 15.5. The molecule has 0 aromatic carbocycles. The summed E-state index contributed by atoms with van der Waals surface area (Å²) >= 11 is 0. The SMILES string of the molecule is CC(F)(F)CNC(=O)C1(c2cnn3cc(C(N)C4CCC(F)(F)CC4)nc3c2)CCOCC1. The van der Waals surface area contributed by atoms with Gasteiger partial charge in [0.25, 0.3) is 5.92 Å². The molecule has 0 radical (unpaired) electrons. The van der Waals surface area contributed by atoms with Crippen molar-refractivity contribution in [1.29, 1.82) is 0 Å². The Labute approximate surface area is 189 Å². The maximum absolute atomic E-state index is 13.5. The van der Waals surface area contributed by atoms with E-state index in [2.05, 4.69) is 15.4 Å². The van der Waals surface area contributed by atoms with Gasteiger partial charge < -0.3 is 15.8 Å². The molecule has 2 aromatic rings. The molecule has 7 nitrogen and oxygen atoms in total. The number of aromatic nitrogens is 3. The van der Waals surface area contributed by atoms with Gasteiger partial charge in [0.1, 0.15) is 0 Å². The molecule has 0 spiro atoms. The van der Waals surface area contributed by atoms with Gasteiger partial charge in [-0.1, -0.05) is 0 Å². The molecule has 1 aliphatic carbocycles. The number of rotatable bonds is 6. The molecule has 182 valence electrons. The minimum absolute atomic E-state index is 0.0997. The average molecular weight is 471 g/mol. The van der Waals surface area contributed by atoms with Crippen molar-refractivity contribution in [3.63, 3.8) is 0 Å². The van der Waals surface area contributed by atoms with E-state index in [1.807, 2.05) is 0 Å². The molecule has 1 amide bonds. The van der Waals surface area contributed by atoms with E-state index in [1.165, 1.54) is 4.52 Å². The number of halogens is 4. The van der Waals surface area contributed by atoms with E-state index in [1.54, 1.807) is 18.5 Å². The molecule has 2 aliphatic rings. The van der Waals surface area contributed by atoms with Crippen molar-refractivity contribution in [2.75, 3.05) is 19.8 Å². The van der Waals surface area contributed by atoms with Gasteiger partial charge in [0.2, 0.25) is 11.8 Å². The lowest BCUT2D eigenvalue weighted by Gasteiger charge is -2.36. The molecule has 4 rings (SSSR count). The van der Waals surface area contributed by atoms with Crippen LogP contribution in [0.4, 0.5) is 17.6 Å². The van der Waals surface area contributed by atoms with E-state index in [-0.39, 0.29) is 18.8 Å². The van der Waals surface area contributed by atoms with Crippen LogP contribution in [0, 0.1) is 5.92 Å². The first-order valence-electron chi connectivity index (χ1n) is 11.2. The highest BCUT2D eigenvalue weighted by Crippen LogP contribution is 2.40. The fraction of sp³-hybridized carbons (Fsp3) is 0.682. The van der Waals surface area contributed by atoms with Crippen LogP contribution in [0.5, 0.6) is 0 Å². The number of hydrogen-bond acceptors (Lipinski definition) is 5. The van der Waals surface area contributed by atoms with Crippen molar-refractivity contribution in [3.05, 3.63) is 29.7 Å². The van der Waals surface area contributed by atoms with Crippen molar-refractivity contribution in [2.45, 2.75) is 68.8 Å². The van der Waals surface area contributed by atoms with Crippen LogP contribution in [0.2, 0.25) is 0 Å². The Morgan fingerprint density at radius 1 is 1.30 bits per heavy atom. The van der Waals surface area contributed by atoms with E-state index in [9.17, 15) is 22.4 Å². The molecular formula is C22H29F4N5O2. The largest absolute Gasteiger partial charge is 0.381 e. The summed E-state index contributed by atoms with van der Waals surface area (Å²) in [5.41, 5.74) is 6.88. The Kier molecular flexibility index (Phi) is 6.38. The van der Waals surface area contributed by atoms with Gasteiger partial charge in [0, 0.05) is 33.0 Å². The summed E-state index contributed by atoms with van der Waals surface area (Å²) in [5, 5.41) is 6.75. The van der Waals surface area contributed by atoms with Gasteiger partial charge in [-0.05, 0) is 43.2 Å². The molecule has 33 heavy (non-hydrogen) atoms. The number of nitrogens with zero attached hydrogens (tertiary/aromatic N) is 3. The summed E-state index contributed by atoms with van der Waals surface area (Å²) in [6.45, 7) is 0.628. The standard InChI is InChI=1S/C22H29F4N5O2/c1-20(23,24)13-28-19(32)21(6-8-33-9-7-21)15-10-17-30-16(12-31(17)29-11-15)18(27)14-2-4-22(25,26)5-3-14/h10-12,14,18H,2-9,13,27H2,1H3,(H,28,32). The first-order valence-corrected chi connectivity index (χ1v) is 11.2. The highest BCUT2D eigenvalue weighted by molar-refractivity contribution is 5.88. The number of carbonyl (C=O) groups excluding carboxylic acids is 1. The quantitative estimate of drug-likeness (QED) is 0.630. The number of fused-ring (bicyclic) bond motifs is 1. The van der Waals surface area contributed by atoms with Gasteiger partial charge in [0.15, 0.2) is 5.65 Å². The summed E-state index contributed by atoms with van der Waals surface area (Å²) in [7, 11) is 0. The Morgan fingerprint density at radius 3 is 2.61 bits per heavy atom. The second-order valence-corrected chi connectivity index (χ2v) is 9.38. The van der Waals surface area contributed by atoms with Crippen molar-refractivity contribution < 1.29 is 27.1 Å². The Bertz CT molecular complexity index is 990. The topological polar surface area (TPSA) is 94.5 Å². The lowest BCUT2D eigenvalue weighted by Crippen LogP contribution is -2.50. The molecule has 1 aliphatic heterocycles. The third kappa shape index (κ3) is 5.13. The number of carbonyl (C=O) groups is 1. The Hall–Kier alpha value is -2.27. The van der Waals surface area contributed by atoms with Crippen LogP contribution in [-0.4, -0.2) is 52.1 Å². The number of amides is 1. The van der Waals surface area contributed by atoms with Crippen molar-refractivity contribution in [3.8, 4) is 0 Å². The van der Waals surface area contributed by atoms with Crippen LogP contribution in [-0.2, 0) is 14.9 Å². The Balaban J connectivity index is 1.59. The minimum Gasteiger partial charge on any atom is -0.381 e. The third-order valence-electron chi connectivity index (χ3n) is 6.84. The average Bonchev–Trinajstić information content (AvgIpc) is 3.20. The van der Waals surface area contributed by atoms with Crippen molar-refractivity contribution in [2.24, 2.45) is 11.7 Å². The second-order valence-electron chi connectivity index (χ2n) is 9.38. The first kappa shape index (κ1) is 23.9. The zero-order valence-corrected chi connectivity index (χ0v) is 18.5. The predicted octanol–water partition coefficient (Wildman–Crippen LogP) is 3.37. The van der Waals surface area contributed by atoms with Crippen LogP contribution in [0.1, 0.15) is 62.7 Å². The van der Waals surface area contributed by atoms with Crippen LogP contribution in [0.25, 0.3) is 5.65 Å².